The number of benzene rings is 3. The van der Waals surface area contributed by atoms with Gasteiger partial charge in [-0.05, 0) is 34.9 Å². The molecule has 1 fully saturated rings. The molecule has 156 valence electrons. The number of hydrogen-bond donors (Lipinski definition) is 2. The van der Waals surface area contributed by atoms with Crippen LogP contribution in [0.4, 0.5) is 5.95 Å². The van der Waals surface area contributed by atoms with E-state index in [1.165, 1.54) is 16.7 Å². The predicted octanol–water partition coefficient (Wildman–Crippen LogP) is 3.65. The van der Waals surface area contributed by atoms with Crippen molar-refractivity contribution < 1.29 is 4.79 Å². The van der Waals surface area contributed by atoms with E-state index in [9.17, 15) is 4.79 Å². The molecule has 0 unspecified atom stereocenters. The Hall–Kier alpha value is -3.64. The minimum absolute atomic E-state index is 0.427. The molecule has 3 N–H and O–H groups in total. The van der Waals surface area contributed by atoms with Crippen molar-refractivity contribution in [3.8, 4) is 11.1 Å². The number of nitrogens with one attached hydrogen (secondary N) is 1. The molecule has 5 rings (SSSR count). The summed E-state index contributed by atoms with van der Waals surface area (Å²) in [4.78, 5) is 24.2. The third-order valence-corrected chi connectivity index (χ3v) is 5.89. The van der Waals surface area contributed by atoms with Crippen LogP contribution in [0, 0.1) is 0 Å². The highest BCUT2D eigenvalue weighted by molar-refractivity contribution is 5.96. The van der Waals surface area contributed by atoms with Gasteiger partial charge in [-0.3, -0.25) is 9.69 Å². The molecule has 1 aromatic heterocycles. The first-order chi connectivity index (χ1) is 15.2. The van der Waals surface area contributed by atoms with Crippen LogP contribution >= 0.6 is 0 Å². The smallest absolute Gasteiger partial charge is 0.248 e. The van der Waals surface area contributed by atoms with Crippen molar-refractivity contribution >= 4 is 22.9 Å². The average molecular weight is 412 g/mol. The second-order valence-electron chi connectivity index (χ2n) is 7.98. The Morgan fingerprint density at radius 3 is 2.32 bits per heavy atom. The van der Waals surface area contributed by atoms with Gasteiger partial charge < -0.3 is 15.6 Å². The van der Waals surface area contributed by atoms with Gasteiger partial charge in [-0.2, -0.15) is 0 Å². The minimum atomic E-state index is -0.427. The zero-order valence-electron chi connectivity index (χ0n) is 17.3. The van der Waals surface area contributed by atoms with E-state index in [0.717, 1.165) is 49.7 Å². The number of nitrogens with zero attached hydrogens (tertiary/aromatic N) is 3. The Bertz CT molecular complexity index is 1190. The lowest BCUT2D eigenvalue weighted by Crippen LogP contribution is -2.46. The van der Waals surface area contributed by atoms with Crippen LogP contribution in [-0.4, -0.2) is 47.0 Å². The number of piperazine rings is 1. The lowest BCUT2D eigenvalue weighted by Gasteiger charge is -2.34. The van der Waals surface area contributed by atoms with Gasteiger partial charge in [0.1, 0.15) is 0 Å². The van der Waals surface area contributed by atoms with E-state index in [0.29, 0.717) is 5.56 Å². The third kappa shape index (κ3) is 4.15. The molecular weight excluding hydrogens is 386 g/mol. The van der Waals surface area contributed by atoms with Crippen LogP contribution in [0.3, 0.4) is 0 Å². The van der Waals surface area contributed by atoms with Crippen LogP contribution in [0.5, 0.6) is 0 Å². The Kier molecular flexibility index (Phi) is 5.14. The zero-order chi connectivity index (χ0) is 21.2. The van der Waals surface area contributed by atoms with E-state index >= 15 is 0 Å². The molecule has 4 aromatic rings. The van der Waals surface area contributed by atoms with Crippen molar-refractivity contribution in [1.29, 1.82) is 0 Å². The number of rotatable bonds is 5. The van der Waals surface area contributed by atoms with Crippen molar-refractivity contribution in [3.05, 3.63) is 83.9 Å². The maximum atomic E-state index is 11.4. The number of aromatic amines is 1. The van der Waals surface area contributed by atoms with E-state index in [1.807, 2.05) is 12.1 Å². The molecule has 6 heteroatoms. The zero-order valence-corrected chi connectivity index (χ0v) is 17.3. The molecule has 1 aliphatic rings. The first-order valence-electron chi connectivity index (χ1n) is 10.6. The van der Waals surface area contributed by atoms with E-state index in [-0.39, 0.29) is 0 Å². The summed E-state index contributed by atoms with van der Waals surface area (Å²) >= 11 is 0. The standard InChI is InChI=1S/C25H25N5O/c26-24(31)21-10-11-22-23(16-21)28-25(27-22)30-14-12-29(13-15-30)17-18-6-8-20(9-7-18)19-4-2-1-3-5-19/h1-11,16H,12-15,17H2,(H2,26,31)(H,27,28). The Morgan fingerprint density at radius 2 is 1.61 bits per heavy atom. The molecule has 0 saturated carbocycles. The van der Waals surface area contributed by atoms with Gasteiger partial charge in [0.25, 0.3) is 0 Å². The Labute approximate surface area is 181 Å². The summed E-state index contributed by atoms with van der Waals surface area (Å²) in [6.07, 6.45) is 0. The second-order valence-corrected chi connectivity index (χ2v) is 7.98. The SMILES string of the molecule is NC(=O)c1ccc2nc(N3CCN(Cc4ccc(-c5ccccc5)cc4)CC3)[nH]c2c1. The minimum Gasteiger partial charge on any atom is -0.366 e. The number of imidazole rings is 1. The van der Waals surface area contributed by atoms with Crippen molar-refractivity contribution in [3.63, 3.8) is 0 Å². The van der Waals surface area contributed by atoms with Gasteiger partial charge in [0.15, 0.2) is 0 Å². The first-order valence-corrected chi connectivity index (χ1v) is 10.6. The number of fused-ring (bicyclic) bond motifs is 1. The lowest BCUT2D eigenvalue weighted by atomic mass is 10.0. The Balaban J connectivity index is 1.20. The first kappa shape index (κ1) is 19.3. The van der Waals surface area contributed by atoms with Crippen LogP contribution in [0.15, 0.2) is 72.8 Å². The molecule has 0 atom stereocenters. The monoisotopic (exact) mass is 411 g/mol. The lowest BCUT2D eigenvalue weighted by molar-refractivity contribution is 0.100. The van der Waals surface area contributed by atoms with Gasteiger partial charge in [-0.15, -0.1) is 0 Å². The molecule has 1 saturated heterocycles. The highest BCUT2D eigenvalue weighted by Crippen LogP contribution is 2.22. The number of carbonyl (C=O) groups excluding carboxylic acids is 1. The largest absolute Gasteiger partial charge is 0.366 e. The van der Waals surface area contributed by atoms with Crippen LogP contribution in [0.2, 0.25) is 0 Å². The van der Waals surface area contributed by atoms with Crippen molar-refractivity contribution in [2.24, 2.45) is 5.73 Å². The number of carbonyl (C=O) groups is 1. The van der Waals surface area contributed by atoms with Gasteiger partial charge in [-0.1, -0.05) is 54.6 Å². The summed E-state index contributed by atoms with van der Waals surface area (Å²) in [5, 5.41) is 0. The molecule has 1 amide bonds. The van der Waals surface area contributed by atoms with Gasteiger partial charge in [0, 0.05) is 38.3 Å². The molecule has 31 heavy (non-hydrogen) atoms. The van der Waals surface area contributed by atoms with E-state index in [4.69, 9.17) is 5.73 Å². The van der Waals surface area contributed by atoms with Gasteiger partial charge in [0.2, 0.25) is 11.9 Å². The average Bonchev–Trinajstić information content (AvgIpc) is 3.24. The quantitative estimate of drug-likeness (QED) is 0.525. The van der Waals surface area contributed by atoms with E-state index in [2.05, 4.69) is 68.3 Å². The van der Waals surface area contributed by atoms with Gasteiger partial charge >= 0.3 is 0 Å². The number of hydrogen-bond acceptors (Lipinski definition) is 4. The van der Waals surface area contributed by atoms with Crippen molar-refractivity contribution in [1.82, 2.24) is 14.9 Å². The number of anilines is 1. The number of amides is 1. The molecule has 0 bridgehead atoms. The molecule has 0 aliphatic carbocycles. The van der Waals surface area contributed by atoms with E-state index < -0.39 is 5.91 Å². The van der Waals surface area contributed by atoms with Crippen molar-refractivity contribution in [2.45, 2.75) is 6.54 Å². The topological polar surface area (TPSA) is 78.2 Å². The molecule has 2 heterocycles. The van der Waals surface area contributed by atoms with Crippen molar-refractivity contribution in [2.75, 3.05) is 31.1 Å². The summed E-state index contributed by atoms with van der Waals surface area (Å²) in [6, 6.07) is 24.6. The molecule has 3 aromatic carbocycles. The number of primary amides is 1. The maximum Gasteiger partial charge on any atom is 0.248 e. The fourth-order valence-corrected chi connectivity index (χ4v) is 4.11. The second kappa shape index (κ2) is 8.24. The summed E-state index contributed by atoms with van der Waals surface area (Å²) in [5.41, 5.74) is 11.4. The fraction of sp³-hybridized carbons (Fsp3) is 0.200. The third-order valence-electron chi connectivity index (χ3n) is 5.89. The summed E-state index contributed by atoms with van der Waals surface area (Å²) < 4.78 is 0. The van der Waals surface area contributed by atoms with Crippen LogP contribution in [-0.2, 0) is 6.54 Å². The molecule has 6 nitrogen and oxygen atoms in total. The summed E-state index contributed by atoms with van der Waals surface area (Å²) in [7, 11) is 0. The van der Waals surface area contributed by atoms with Gasteiger partial charge in [0.05, 0.1) is 11.0 Å². The van der Waals surface area contributed by atoms with Crippen LogP contribution in [0.1, 0.15) is 15.9 Å². The molecule has 0 radical (unpaired) electrons. The fourth-order valence-electron chi connectivity index (χ4n) is 4.11. The van der Waals surface area contributed by atoms with Crippen LogP contribution in [0.25, 0.3) is 22.2 Å². The maximum absolute atomic E-state index is 11.4. The highest BCUT2D eigenvalue weighted by Gasteiger charge is 2.20. The Morgan fingerprint density at radius 1 is 0.903 bits per heavy atom. The number of nitrogens with two attached hydrogens (primary N) is 1. The molecular formula is C25H25N5O. The molecule has 1 aliphatic heterocycles. The summed E-state index contributed by atoms with van der Waals surface area (Å²) in [5.74, 6) is 0.423. The van der Waals surface area contributed by atoms with Crippen LogP contribution < -0.4 is 10.6 Å². The predicted molar refractivity (Wildman–Crippen MR) is 124 cm³/mol. The normalized spacial score (nSPS) is 14.8. The van der Waals surface area contributed by atoms with E-state index in [1.54, 1.807) is 12.1 Å². The summed E-state index contributed by atoms with van der Waals surface area (Å²) in [6.45, 7) is 4.72. The molecule has 0 spiro atoms. The highest BCUT2D eigenvalue weighted by atomic mass is 16.1. The van der Waals surface area contributed by atoms with Gasteiger partial charge in [-0.25, -0.2) is 4.98 Å². The number of H-pyrrole nitrogens is 1. The number of aromatic nitrogens is 2.